The van der Waals surface area contributed by atoms with Gasteiger partial charge < -0.3 is 15.4 Å². The zero-order chi connectivity index (χ0) is 24.5. The van der Waals surface area contributed by atoms with Crippen molar-refractivity contribution in [2.45, 2.75) is 0 Å². The first-order valence-electron chi connectivity index (χ1n) is 9.68. The molecule has 0 aliphatic carbocycles. The summed E-state index contributed by atoms with van der Waals surface area (Å²) in [5.74, 6) is -1.81. The van der Waals surface area contributed by atoms with Gasteiger partial charge in [-0.1, -0.05) is 46.9 Å². The second-order valence-corrected chi connectivity index (χ2v) is 7.98. The SMILES string of the molecule is O=C(COc1ccc(/C=N\NC(=O)C(=O)Nc2ccccc2Cl)cc1)Nc1cc(Cl)cc(Cl)c1. The lowest BCUT2D eigenvalue weighted by Gasteiger charge is -2.08. The molecule has 0 unspecified atom stereocenters. The summed E-state index contributed by atoms with van der Waals surface area (Å²) in [5.41, 5.74) is 3.52. The monoisotopic (exact) mass is 518 g/mol. The minimum atomic E-state index is -0.955. The highest BCUT2D eigenvalue weighted by Gasteiger charge is 2.14. The van der Waals surface area contributed by atoms with E-state index in [-0.39, 0.29) is 12.5 Å². The Bertz CT molecular complexity index is 1210. The van der Waals surface area contributed by atoms with Crippen molar-refractivity contribution in [3.05, 3.63) is 87.4 Å². The summed E-state index contributed by atoms with van der Waals surface area (Å²) < 4.78 is 5.44. The Morgan fingerprint density at radius 2 is 1.53 bits per heavy atom. The van der Waals surface area contributed by atoms with Crippen LogP contribution in [0.4, 0.5) is 11.4 Å². The predicted octanol–water partition coefficient (Wildman–Crippen LogP) is 4.75. The van der Waals surface area contributed by atoms with E-state index < -0.39 is 11.8 Å². The number of para-hydroxylation sites is 1. The minimum absolute atomic E-state index is 0.228. The smallest absolute Gasteiger partial charge is 0.329 e. The fourth-order valence-electron chi connectivity index (χ4n) is 2.58. The highest BCUT2D eigenvalue weighted by Crippen LogP contribution is 2.22. The van der Waals surface area contributed by atoms with Crippen molar-refractivity contribution in [3.8, 4) is 5.75 Å². The Hall–Kier alpha value is -3.59. The Labute approximate surface area is 209 Å². The second kappa shape index (κ2) is 12.0. The molecule has 3 rings (SSSR count). The quantitative estimate of drug-likeness (QED) is 0.238. The molecule has 0 heterocycles. The topological polar surface area (TPSA) is 109 Å². The normalized spacial score (nSPS) is 10.6. The molecule has 0 bridgehead atoms. The van der Waals surface area contributed by atoms with Gasteiger partial charge in [0.2, 0.25) is 0 Å². The number of hydrogen-bond donors (Lipinski definition) is 3. The van der Waals surface area contributed by atoms with Gasteiger partial charge >= 0.3 is 11.8 Å². The van der Waals surface area contributed by atoms with Crippen molar-refractivity contribution in [2.24, 2.45) is 5.10 Å². The lowest BCUT2D eigenvalue weighted by molar-refractivity contribution is -0.136. The van der Waals surface area contributed by atoms with E-state index in [2.05, 4.69) is 21.2 Å². The van der Waals surface area contributed by atoms with Crippen molar-refractivity contribution in [3.63, 3.8) is 0 Å². The van der Waals surface area contributed by atoms with Gasteiger partial charge in [-0.3, -0.25) is 14.4 Å². The molecule has 0 aliphatic rings. The average Bonchev–Trinajstić information content (AvgIpc) is 2.79. The third kappa shape index (κ3) is 7.77. The zero-order valence-corrected chi connectivity index (χ0v) is 19.6. The zero-order valence-electron chi connectivity index (χ0n) is 17.3. The molecule has 8 nitrogen and oxygen atoms in total. The van der Waals surface area contributed by atoms with Crippen molar-refractivity contribution < 1.29 is 19.1 Å². The molecular weight excluding hydrogens is 503 g/mol. The summed E-state index contributed by atoms with van der Waals surface area (Å²) in [6, 6.07) is 17.8. The highest BCUT2D eigenvalue weighted by molar-refractivity contribution is 6.41. The number of hydrogen-bond acceptors (Lipinski definition) is 5. The second-order valence-electron chi connectivity index (χ2n) is 6.70. The molecule has 34 heavy (non-hydrogen) atoms. The van der Waals surface area contributed by atoms with Crippen molar-refractivity contribution in [1.82, 2.24) is 5.43 Å². The number of anilines is 2. The molecule has 0 aromatic heterocycles. The number of ether oxygens (including phenoxy) is 1. The van der Waals surface area contributed by atoms with Crippen LogP contribution in [0.3, 0.4) is 0 Å². The number of nitrogens with one attached hydrogen (secondary N) is 3. The van der Waals surface area contributed by atoms with Crippen molar-refractivity contribution in [1.29, 1.82) is 0 Å². The average molecular weight is 520 g/mol. The number of rotatable bonds is 7. The van der Waals surface area contributed by atoms with Crippen LogP contribution in [0.5, 0.6) is 5.75 Å². The first kappa shape index (κ1) is 25.0. The van der Waals surface area contributed by atoms with Crippen molar-refractivity contribution >= 4 is 70.1 Å². The fourth-order valence-corrected chi connectivity index (χ4v) is 3.29. The molecule has 3 N–H and O–H groups in total. The van der Waals surface area contributed by atoms with Gasteiger partial charge in [-0.25, -0.2) is 5.43 Å². The first-order valence-corrected chi connectivity index (χ1v) is 10.8. The van der Waals surface area contributed by atoms with E-state index in [9.17, 15) is 14.4 Å². The number of benzene rings is 3. The van der Waals surface area contributed by atoms with E-state index in [1.54, 1.807) is 66.7 Å². The van der Waals surface area contributed by atoms with Gasteiger partial charge in [-0.15, -0.1) is 0 Å². The van der Waals surface area contributed by atoms with Gasteiger partial charge in [0.1, 0.15) is 5.75 Å². The summed E-state index contributed by atoms with van der Waals surface area (Å²) in [7, 11) is 0. The molecule has 0 aliphatic heterocycles. The van der Waals surface area contributed by atoms with E-state index >= 15 is 0 Å². The Morgan fingerprint density at radius 3 is 2.21 bits per heavy atom. The Morgan fingerprint density at radius 1 is 0.853 bits per heavy atom. The van der Waals surface area contributed by atoms with E-state index in [4.69, 9.17) is 39.5 Å². The Kier molecular flexibility index (Phi) is 8.86. The van der Waals surface area contributed by atoms with Gasteiger partial charge in [0.05, 0.1) is 16.9 Å². The molecule has 0 atom stereocenters. The number of carbonyl (C=O) groups is 3. The number of halogens is 3. The summed E-state index contributed by atoms with van der Waals surface area (Å²) >= 11 is 17.7. The van der Waals surface area contributed by atoms with Crippen LogP contribution in [0.2, 0.25) is 15.1 Å². The molecular formula is C23H17Cl3N4O4. The minimum Gasteiger partial charge on any atom is -0.484 e. The number of nitrogens with zero attached hydrogens (tertiary/aromatic N) is 1. The molecule has 0 spiro atoms. The Balaban J connectivity index is 1.44. The lowest BCUT2D eigenvalue weighted by atomic mass is 10.2. The van der Waals surface area contributed by atoms with Gasteiger partial charge in [0, 0.05) is 15.7 Å². The van der Waals surface area contributed by atoms with Gasteiger partial charge in [0.15, 0.2) is 6.61 Å². The van der Waals surface area contributed by atoms with E-state index in [1.807, 2.05) is 0 Å². The maximum absolute atomic E-state index is 12.0. The molecule has 3 amide bonds. The standard InChI is InChI=1S/C23H17Cl3N4O4/c24-15-9-16(25)11-17(10-15)28-21(31)13-34-18-7-5-14(6-8-18)12-27-30-23(33)22(32)29-20-4-2-1-3-19(20)26/h1-12H,13H2,(H,28,31)(H,29,32)(H,30,33)/b27-12-. The van der Waals surface area contributed by atoms with Crippen LogP contribution in [0.25, 0.3) is 0 Å². The van der Waals surface area contributed by atoms with E-state index in [0.717, 1.165) is 0 Å². The maximum Gasteiger partial charge on any atom is 0.329 e. The summed E-state index contributed by atoms with van der Waals surface area (Å²) in [5, 5.41) is 9.88. The summed E-state index contributed by atoms with van der Waals surface area (Å²) in [6.45, 7) is -0.228. The van der Waals surface area contributed by atoms with Crippen LogP contribution in [0.1, 0.15) is 5.56 Å². The number of hydrazone groups is 1. The molecule has 0 radical (unpaired) electrons. The van der Waals surface area contributed by atoms with Gasteiger partial charge in [0.25, 0.3) is 5.91 Å². The van der Waals surface area contributed by atoms with Crippen LogP contribution in [0, 0.1) is 0 Å². The first-order chi connectivity index (χ1) is 16.3. The van der Waals surface area contributed by atoms with Crippen LogP contribution < -0.4 is 20.8 Å². The van der Waals surface area contributed by atoms with E-state index in [1.165, 1.54) is 6.21 Å². The third-order valence-electron chi connectivity index (χ3n) is 4.10. The van der Waals surface area contributed by atoms with Crippen LogP contribution in [-0.2, 0) is 14.4 Å². The maximum atomic E-state index is 12.0. The summed E-state index contributed by atoms with van der Waals surface area (Å²) in [6.07, 6.45) is 1.35. The molecule has 3 aromatic carbocycles. The van der Waals surface area contributed by atoms with Gasteiger partial charge in [-0.2, -0.15) is 5.10 Å². The van der Waals surface area contributed by atoms with Crippen LogP contribution >= 0.6 is 34.8 Å². The summed E-state index contributed by atoms with van der Waals surface area (Å²) in [4.78, 5) is 35.8. The lowest BCUT2D eigenvalue weighted by Crippen LogP contribution is -2.32. The van der Waals surface area contributed by atoms with Crippen LogP contribution in [-0.4, -0.2) is 30.5 Å². The van der Waals surface area contributed by atoms with Crippen LogP contribution in [0.15, 0.2) is 71.8 Å². The number of amides is 3. The molecule has 0 saturated carbocycles. The van der Waals surface area contributed by atoms with Gasteiger partial charge in [-0.05, 0) is 60.2 Å². The largest absolute Gasteiger partial charge is 0.484 e. The highest BCUT2D eigenvalue weighted by atomic mass is 35.5. The van der Waals surface area contributed by atoms with Crippen molar-refractivity contribution in [2.75, 3.05) is 17.2 Å². The predicted molar refractivity (Wildman–Crippen MR) is 133 cm³/mol. The molecule has 11 heteroatoms. The van der Waals surface area contributed by atoms with E-state index in [0.29, 0.717) is 37.8 Å². The number of carbonyl (C=O) groups excluding carboxylic acids is 3. The third-order valence-corrected chi connectivity index (χ3v) is 4.87. The molecule has 3 aromatic rings. The molecule has 0 fully saturated rings. The molecule has 174 valence electrons. The molecule has 0 saturated heterocycles. The fraction of sp³-hybridized carbons (Fsp3) is 0.0435.